The van der Waals surface area contributed by atoms with E-state index < -0.39 is 29.7 Å². The van der Waals surface area contributed by atoms with Gasteiger partial charge in [-0.25, -0.2) is 4.98 Å². The summed E-state index contributed by atoms with van der Waals surface area (Å²) >= 11 is 0. The van der Waals surface area contributed by atoms with Crippen molar-refractivity contribution in [1.29, 1.82) is 0 Å². The Morgan fingerprint density at radius 1 is 0.891 bits per heavy atom. The van der Waals surface area contributed by atoms with Gasteiger partial charge < -0.3 is 25.8 Å². The zero-order valence-corrected chi connectivity index (χ0v) is 36.2. The minimum absolute atomic E-state index is 0.0361. The van der Waals surface area contributed by atoms with Crippen molar-refractivity contribution >= 4 is 57.9 Å². The Balaban J connectivity index is 0.817. The van der Waals surface area contributed by atoms with Gasteiger partial charge in [-0.1, -0.05) is 6.07 Å². The van der Waals surface area contributed by atoms with E-state index in [1.165, 1.54) is 6.07 Å². The highest BCUT2D eigenvalue weighted by Gasteiger charge is 2.45. The van der Waals surface area contributed by atoms with Crippen LogP contribution in [0.15, 0.2) is 65.7 Å². The van der Waals surface area contributed by atoms with Crippen LogP contribution in [-0.2, 0) is 20.9 Å². The molecule has 1 atom stereocenters. The van der Waals surface area contributed by atoms with Crippen LogP contribution in [0.2, 0.25) is 0 Å². The number of amides is 6. The lowest BCUT2D eigenvalue weighted by Crippen LogP contribution is -2.54. The van der Waals surface area contributed by atoms with Crippen LogP contribution in [0.4, 0.5) is 11.5 Å². The lowest BCUT2D eigenvalue weighted by molar-refractivity contribution is -0.136. The first kappa shape index (κ1) is 43.4. The molecule has 2 fully saturated rings. The summed E-state index contributed by atoms with van der Waals surface area (Å²) in [5, 5.41) is 16.5. The number of benzene rings is 2. The number of hydrogen-bond acceptors (Lipinski definition) is 12. The number of aryl methyl sites for hydroxylation is 2. The van der Waals surface area contributed by atoms with E-state index in [4.69, 9.17) is 4.98 Å². The number of nitrogens with zero attached hydrogens (tertiary/aromatic N) is 6. The van der Waals surface area contributed by atoms with Crippen LogP contribution in [0.3, 0.4) is 0 Å². The molecule has 2 aromatic carbocycles. The van der Waals surface area contributed by atoms with Crippen molar-refractivity contribution in [2.75, 3.05) is 56.0 Å². The van der Waals surface area contributed by atoms with Crippen molar-refractivity contribution in [1.82, 2.24) is 45.5 Å². The van der Waals surface area contributed by atoms with Crippen LogP contribution in [0.25, 0.3) is 22.0 Å². The van der Waals surface area contributed by atoms with E-state index in [0.717, 1.165) is 70.2 Å². The quantitative estimate of drug-likeness (QED) is 0.102. The normalized spacial score (nSPS) is 16.7. The molecule has 5 N–H and O–H groups in total. The number of imide groups is 2. The fraction of sp³-hybridized carbons (Fsp3) is 0.370. The number of anilines is 2. The minimum atomic E-state index is -1.06. The zero-order valence-electron chi connectivity index (χ0n) is 36.2. The van der Waals surface area contributed by atoms with Crippen molar-refractivity contribution < 1.29 is 28.8 Å². The fourth-order valence-electron chi connectivity index (χ4n) is 8.64. The lowest BCUT2D eigenvalue weighted by Gasteiger charge is -2.35. The van der Waals surface area contributed by atoms with Gasteiger partial charge in [0.1, 0.15) is 11.9 Å². The molecule has 8 rings (SSSR count). The van der Waals surface area contributed by atoms with Gasteiger partial charge in [-0.05, 0) is 87.7 Å². The predicted molar refractivity (Wildman–Crippen MR) is 239 cm³/mol. The van der Waals surface area contributed by atoms with Gasteiger partial charge >= 0.3 is 0 Å². The molecule has 3 aromatic heterocycles. The second-order valence-electron chi connectivity index (χ2n) is 16.7. The van der Waals surface area contributed by atoms with E-state index in [2.05, 4.69) is 41.1 Å². The maximum absolute atomic E-state index is 13.7. The molecular weight excluding hydrogens is 819 g/mol. The molecule has 1 unspecified atom stereocenters. The molecule has 6 heterocycles. The van der Waals surface area contributed by atoms with Crippen LogP contribution < -0.4 is 31.7 Å². The molecule has 3 aliphatic rings. The lowest BCUT2D eigenvalue weighted by atomic mass is 10.0. The van der Waals surface area contributed by atoms with Crippen LogP contribution in [0.5, 0.6) is 0 Å². The summed E-state index contributed by atoms with van der Waals surface area (Å²) in [6.07, 6.45) is 3.77. The minimum Gasteiger partial charge on any atom is -0.384 e. The van der Waals surface area contributed by atoms with Gasteiger partial charge in [-0.15, -0.1) is 0 Å². The summed E-state index contributed by atoms with van der Waals surface area (Å²) in [7, 11) is 0. The third kappa shape index (κ3) is 8.86. The van der Waals surface area contributed by atoms with E-state index in [0.29, 0.717) is 29.9 Å². The van der Waals surface area contributed by atoms with E-state index in [-0.39, 0.29) is 66.9 Å². The van der Waals surface area contributed by atoms with Gasteiger partial charge in [0.05, 0.1) is 28.4 Å². The molecule has 64 heavy (non-hydrogen) atoms. The molecule has 0 saturated carbocycles. The number of piperidine rings is 1. The number of fused-ring (bicyclic) bond motifs is 2. The Labute approximate surface area is 368 Å². The third-order valence-corrected chi connectivity index (χ3v) is 12.0. The van der Waals surface area contributed by atoms with E-state index >= 15 is 0 Å². The highest BCUT2D eigenvalue weighted by atomic mass is 16.2. The molecule has 0 bridgehead atoms. The maximum atomic E-state index is 13.7. The van der Waals surface area contributed by atoms with Crippen molar-refractivity contribution in [3.8, 4) is 11.1 Å². The first-order chi connectivity index (χ1) is 30.8. The Kier molecular flexibility index (Phi) is 12.4. The highest BCUT2D eigenvalue weighted by Crippen LogP contribution is 2.33. The predicted octanol–water partition coefficient (Wildman–Crippen LogP) is 3.06. The maximum Gasteiger partial charge on any atom is 0.264 e. The molecule has 18 nitrogen and oxygen atoms in total. The van der Waals surface area contributed by atoms with Crippen molar-refractivity contribution in [3.63, 3.8) is 0 Å². The van der Waals surface area contributed by atoms with Crippen molar-refractivity contribution in [3.05, 3.63) is 105 Å². The van der Waals surface area contributed by atoms with Crippen LogP contribution in [0.1, 0.15) is 87.0 Å². The molecular formula is C46H51N11O7. The van der Waals surface area contributed by atoms with Crippen LogP contribution in [-0.4, -0.2) is 117 Å². The van der Waals surface area contributed by atoms with Crippen LogP contribution >= 0.6 is 0 Å². The van der Waals surface area contributed by atoms with Gasteiger partial charge in [0.2, 0.25) is 17.7 Å². The first-order valence-electron chi connectivity index (χ1n) is 21.5. The molecule has 2 saturated heterocycles. The second-order valence-corrected chi connectivity index (χ2v) is 16.7. The highest BCUT2D eigenvalue weighted by molar-refractivity contribution is 6.25. The number of pyridine rings is 2. The molecule has 332 valence electrons. The van der Waals surface area contributed by atoms with Gasteiger partial charge in [0.15, 0.2) is 0 Å². The first-order valence-corrected chi connectivity index (χ1v) is 21.5. The summed E-state index contributed by atoms with van der Waals surface area (Å²) in [5.74, 6) is -1.93. The Bertz CT molecular complexity index is 2730. The molecule has 0 aliphatic carbocycles. The van der Waals surface area contributed by atoms with Gasteiger partial charge in [0.25, 0.3) is 23.3 Å². The smallest absolute Gasteiger partial charge is 0.264 e. The van der Waals surface area contributed by atoms with Crippen molar-refractivity contribution in [2.24, 2.45) is 0 Å². The molecule has 0 spiro atoms. The average Bonchev–Trinajstić information content (AvgIpc) is 3.81. The van der Waals surface area contributed by atoms with E-state index in [1.54, 1.807) is 18.3 Å². The second kappa shape index (κ2) is 18.3. The van der Waals surface area contributed by atoms with Gasteiger partial charge in [0, 0.05) is 105 Å². The average molecular weight is 870 g/mol. The standard InChI is InChI=1S/C46H51N11O7/c1-26(2)57-37-22-30(21-32(34(37)25-51-57)42(60)50-24-33-27(3)20-28(4)52-43(33)61)29-8-10-38(49-23-29)55-18-16-54(17-19-55)15-14-48-39(58)12-13-47-35-7-5-6-31-41(35)46(64)56(45(31)63)36-9-11-40(59)53-44(36)62/h5-8,10,20-23,25-26,36,47H,9,11-19,24H2,1-4H3,(H,48,58)(H,50,60)(H,52,61)(H,53,59,62). The third-order valence-electron chi connectivity index (χ3n) is 12.0. The van der Waals surface area contributed by atoms with Gasteiger partial charge in [-0.3, -0.25) is 53.4 Å². The molecule has 3 aliphatic heterocycles. The fourth-order valence-corrected chi connectivity index (χ4v) is 8.64. The monoisotopic (exact) mass is 869 g/mol. The largest absolute Gasteiger partial charge is 0.384 e. The topological polar surface area (TPSA) is 224 Å². The number of aromatic nitrogens is 4. The van der Waals surface area contributed by atoms with E-state index in [9.17, 15) is 33.6 Å². The number of hydrogen-bond donors (Lipinski definition) is 5. The number of carbonyl (C=O) groups excluding carboxylic acids is 6. The molecule has 5 aromatic rings. The number of carbonyl (C=O) groups is 6. The Hall–Kier alpha value is -7.21. The van der Waals surface area contributed by atoms with Crippen LogP contribution in [0, 0.1) is 13.8 Å². The summed E-state index contributed by atoms with van der Waals surface area (Å²) in [5.41, 5.74) is 5.53. The number of H-pyrrole nitrogens is 1. The molecule has 18 heteroatoms. The Morgan fingerprint density at radius 2 is 1.69 bits per heavy atom. The molecule has 6 amide bonds. The summed E-state index contributed by atoms with van der Waals surface area (Å²) < 4.78 is 1.89. The summed E-state index contributed by atoms with van der Waals surface area (Å²) in [4.78, 5) is 103. The summed E-state index contributed by atoms with van der Waals surface area (Å²) in [6.45, 7) is 12.3. The number of aromatic amines is 1. The van der Waals surface area contributed by atoms with Crippen molar-refractivity contribution in [2.45, 2.75) is 65.6 Å². The SMILES string of the molecule is Cc1cc(C)c(CNC(=O)c2cc(-c3ccc(N4CCN(CCNC(=O)CCNc5cccc6c5C(=O)N(C5CCC(=O)NC5=O)C6=O)CC4)nc3)cc3c2cnn3C(C)C)c(=O)[nH]1. The number of nitrogens with one attached hydrogen (secondary N) is 5. The van der Waals surface area contributed by atoms with E-state index in [1.807, 2.05) is 68.9 Å². The number of piperazine rings is 1. The van der Waals surface area contributed by atoms with Gasteiger partial charge in [-0.2, -0.15) is 5.10 Å². The Morgan fingerprint density at radius 3 is 2.41 bits per heavy atom. The molecule has 0 radical (unpaired) electrons. The zero-order chi connectivity index (χ0) is 45.2. The summed E-state index contributed by atoms with van der Waals surface area (Å²) in [6, 6.07) is 13.6. The number of rotatable bonds is 14.